The van der Waals surface area contributed by atoms with Gasteiger partial charge in [-0.05, 0) is 11.1 Å². The highest BCUT2D eigenvalue weighted by molar-refractivity contribution is 9.09. The predicted molar refractivity (Wildman–Crippen MR) is 72.3 cm³/mol. The summed E-state index contributed by atoms with van der Waals surface area (Å²) in [7, 11) is 0. The molecule has 0 N–H and O–H groups in total. The Hall–Kier alpha value is -1.74. The molecule has 2 nitrogen and oxygen atoms in total. The normalized spacial score (nSPS) is 14.9. The highest BCUT2D eigenvalue weighted by Crippen LogP contribution is 2.37. The largest absolute Gasteiger partial charge is 0.285 e. The molecule has 1 aliphatic rings. The average Bonchev–Trinajstić information content (AvgIpc) is 2.51. The molecule has 0 saturated carbocycles. The van der Waals surface area contributed by atoms with Crippen molar-refractivity contribution in [3.05, 3.63) is 70.8 Å². The van der Waals surface area contributed by atoms with E-state index in [-0.39, 0.29) is 4.83 Å². The molecule has 0 saturated heterocycles. The van der Waals surface area contributed by atoms with E-state index in [0.717, 1.165) is 11.1 Å². The number of carbonyl (C=O) groups is 2. The zero-order chi connectivity index (χ0) is 12.7. The fourth-order valence-electron chi connectivity index (χ4n) is 2.26. The molecule has 1 aliphatic carbocycles. The van der Waals surface area contributed by atoms with Crippen LogP contribution in [0.15, 0.2) is 48.5 Å². The predicted octanol–water partition coefficient (Wildman–Crippen LogP) is 3.55. The van der Waals surface area contributed by atoms with Crippen LogP contribution in [0.25, 0.3) is 0 Å². The number of fused-ring (bicyclic) bond motifs is 2. The third-order valence-electron chi connectivity index (χ3n) is 3.16. The minimum absolute atomic E-state index is 0.125. The summed E-state index contributed by atoms with van der Waals surface area (Å²) in [6, 6.07) is 14.5. The second kappa shape index (κ2) is 4.18. The minimum atomic E-state index is -0.431. The molecule has 0 spiro atoms. The van der Waals surface area contributed by atoms with Crippen LogP contribution in [0.3, 0.4) is 0 Å². The maximum absolute atomic E-state index is 12.2. The number of Topliss-reactive ketones (excluding diaryl/α,β-unsaturated/α-hetero) is 2. The molecule has 0 atom stereocenters. The first kappa shape index (κ1) is 11.4. The summed E-state index contributed by atoms with van der Waals surface area (Å²) in [5, 5.41) is 0. The Morgan fingerprint density at radius 1 is 0.722 bits per heavy atom. The van der Waals surface area contributed by atoms with Crippen LogP contribution in [0.2, 0.25) is 0 Å². The summed E-state index contributed by atoms with van der Waals surface area (Å²) >= 11 is 3.59. The van der Waals surface area contributed by atoms with E-state index in [1.54, 1.807) is 24.3 Å². The lowest BCUT2D eigenvalue weighted by Gasteiger charge is -2.11. The van der Waals surface area contributed by atoms with Crippen molar-refractivity contribution in [2.24, 2.45) is 0 Å². The first-order chi connectivity index (χ1) is 8.70. The number of hydrogen-bond acceptors (Lipinski definition) is 2. The Morgan fingerprint density at radius 2 is 1.11 bits per heavy atom. The summed E-state index contributed by atoms with van der Waals surface area (Å²) in [4.78, 5) is 24.2. The van der Waals surface area contributed by atoms with Crippen LogP contribution in [0, 0.1) is 0 Å². The van der Waals surface area contributed by atoms with Crippen molar-refractivity contribution in [2.45, 2.75) is 4.83 Å². The molecule has 3 heteroatoms. The van der Waals surface area contributed by atoms with Gasteiger partial charge < -0.3 is 0 Å². The summed E-state index contributed by atoms with van der Waals surface area (Å²) in [5.41, 5.74) is 2.67. The van der Waals surface area contributed by atoms with Gasteiger partial charge in [0.25, 0.3) is 0 Å². The summed E-state index contributed by atoms with van der Waals surface area (Å²) in [6.07, 6.45) is 0. The number of halogens is 1. The highest BCUT2D eigenvalue weighted by Gasteiger charge is 2.31. The van der Waals surface area contributed by atoms with E-state index in [4.69, 9.17) is 0 Å². The van der Waals surface area contributed by atoms with Gasteiger partial charge in [-0.3, -0.25) is 9.59 Å². The van der Waals surface area contributed by atoms with Crippen LogP contribution >= 0.6 is 15.9 Å². The number of alkyl halides is 1. The van der Waals surface area contributed by atoms with Gasteiger partial charge in [-0.25, -0.2) is 0 Å². The van der Waals surface area contributed by atoms with E-state index in [1.165, 1.54) is 0 Å². The molecule has 3 rings (SSSR count). The molecule has 0 amide bonds. The van der Waals surface area contributed by atoms with Crippen molar-refractivity contribution in [1.82, 2.24) is 0 Å². The Kier molecular flexibility index (Phi) is 2.63. The van der Waals surface area contributed by atoms with Crippen LogP contribution in [-0.2, 0) is 0 Å². The van der Waals surface area contributed by atoms with Gasteiger partial charge >= 0.3 is 0 Å². The third kappa shape index (κ3) is 1.55. The summed E-state index contributed by atoms with van der Waals surface area (Å²) in [5.74, 6) is -0.861. The number of benzene rings is 2. The molecule has 0 heterocycles. The van der Waals surface area contributed by atoms with Gasteiger partial charge in [0.15, 0.2) is 0 Å². The van der Waals surface area contributed by atoms with Crippen molar-refractivity contribution < 1.29 is 9.59 Å². The van der Waals surface area contributed by atoms with Gasteiger partial charge in [-0.2, -0.15) is 0 Å². The maximum atomic E-state index is 12.2. The van der Waals surface area contributed by atoms with Crippen LogP contribution < -0.4 is 0 Å². The van der Waals surface area contributed by atoms with Gasteiger partial charge in [0.05, 0.1) is 4.83 Å². The smallest absolute Gasteiger partial charge is 0.233 e. The topological polar surface area (TPSA) is 34.1 Å². The molecule has 2 aromatic carbocycles. The standard InChI is InChI=1S/C15H9BrO2/c16-13-9-5-1-3-7-11(9)14(17)15(18)12-8-4-2-6-10(12)13/h1-8,13H. The Balaban J connectivity index is 2.35. The molecule has 2 aromatic rings. The Bertz CT molecular complexity index is 604. The van der Waals surface area contributed by atoms with Crippen molar-refractivity contribution in [3.63, 3.8) is 0 Å². The lowest BCUT2D eigenvalue weighted by Crippen LogP contribution is -2.14. The van der Waals surface area contributed by atoms with Crippen LogP contribution in [-0.4, -0.2) is 11.6 Å². The van der Waals surface area contributed by atoms with E-state index >= 15 is 0 Å². The van der Waals surface area contributed by atoms with Gasteiger partial charge in [0.2, 0.25) is 11.6 Å². The molecular formula is C15H9BrO2. The second-order valence-electron chi connectivity index (χ2n) is 4.20. The van der Waals surface area contributed by atoms with Gasteiger partial charge in [-0.1, -0.05) is 64.5 Å². The monoisotopic (exact) mass is 300 g/mol. The minimum Gasteiger partial charge on any atom is -0.285 e. The van der Waals surface area contributed by atoms with Crippen molar-refractivity contribution >= 4 is 27.5 Å². The fourth-order valence-corrected chi connectivity index (χ4v) is 3.06. The van der Waals surface area contributed by atoms with E-state index < -0.39 is 11.6 Å². The maximum Gasteiger partial charge on any atom is 0.233 e. The van der Waals surface area contributed by atoms with E-state index in [1.807, 2.05) is 24.3 Å². The zero-order valence-corrected chi connectivity index (χ0v) is 11.0. The highest BCUT2D eigenvalue weighted by atomic mass is 79.9. The van der Waals surface area contributed by atoms with Crippen molar-refractivity contribution in [2.75, 3.05) is 0 Å². The van der Waals surface area contributed by atoms with Gasteiger partial charge in [-0.15, -0.1) is 0 Å². The van der Waals surface area contributed by atoms with Crippen LogP contribution in [0.1, 0.15) is 36.7 Å². The fraction of sp³-hybridized carbons (Fsp3) is 0.0667. The lowest BCUT2D eigenvalue weighted by atomic mass is 10.0. The number of carbonyl (C=O) groups excluding carboxylic acids is 2. The molecule has 0 aliphatic heterocycles. The zero-order valence-electron chi connectivity index (χ0n) is 9.39. The molecule has 0 aromatic heterocycles. The van der Waals surface area contributed by atoms with Gasteiger partial charge in [0.1, 0.15) is 0 Å². The molecule has 18 heavy (non-hydrogen) atoms. The molecule has 0 unspecified atom stereocenters. The third-order valence-corrected chi connectivity index (χ3v) is 4.15. The number of hydrogen-bond donors (Lipinski definition) is 0. The SMILES string of the molecule is O=C1C(=O)c2ccccc2C(Br)c2ccccc21. The first-order valence-corrected chi connectivity index (χ1v) is 6.52. The average molecular weight is 301 g/mol. The molecule has 0 fully saturated rings. The van der Waals surface area contributed by atoms with Crippen molar-refractivity contribution in [1.29, 1.82) is 0 Å². The summed E-state index contributed by atoms with van der Waals surface area (Å²) < 4.78 is 0. The van der Waals surface area contributed by atoms with E-state index in [9.17, 15) is 9.59 Å². The van der Waals surface area contributed by atoms with Crippen molar-refractivity contribution in [3.8, 4) is 0 Å². The van der Waals surface area contributed by atoms with E-state index in [2.05, 4.69) is 15.9 Å². The number of ketones is 2. The quantitative estimate of drug-likeness (QED) is 0.551. The Morgan fingerprint density at radius 3 is 1.56 bits per heavy atom. The first-order valence-electron chi connectivity index (χ1n) is 5.61. The molecule has 88 valence electrons. The number of rotatable bonds is 0. The second-order valence-corrected chi connectivity index (χ2v) is 5.11. The van der Waals surface area contributed by atoms with Crippen LogP contribution in [0.5, 0.6) is 0 Å². The molecule has 0 radical (unpaired) electrons. The molecule has 0 bridgehead atoms. The van der Waals surface area contributed by atoms with Gasteiger partial charge in [0, 0.05) is 11.1 Å². The molecular weight excluding hydrogens is 292 g/mol. The lowest BCUT2D eigenvalue weighted by molar-refractivity contribution is 0.0817. The van der Waals surface area contributed by atoms with E-state index in [0.29, 0.717) is 11.1 Å². The Labute approximate surface area is 113 Å². The van der Waals surface area contributed by atoms with Crippen LogP contribution in [0.4, 0.5) is 0 Å². The summed E-state index contributed by atoms with van der Waals surface area (Å²) in [6.45, 7) is 0.